The molecular weight excluding hydrogens is 304 g/mol. The van der Waals surface area contributed by atoms with Crippen molar-refractivity contribution in [3.8, 4) is 6.07 Å². The van der Waals surface area contributed by atoms with Gasteiger partial charge in [0.05, 0.1) is 5.41 Å². The number of ketones is 1. The van der Waals surface area contributed by atoms with Crippen LogP contribution in [0.5, 0.6) is 0 Å². The van der Waals surface area contributed by atoms with E-state index in [1.165, 1.54) is 6.92 Å². The molecule has 0 atom stereocenters. The Morgan fingerprint density at radius 2 is 1.95 bits per heavy atom. The maximum atomic E-state index is 12.3. The van der Waals surface area contributed by atoms with Gasteiger partial charge in [0.25, 0.3) is 0 Å². The summed E-state index contributed by atoms with van der Waals surface area (Å²) in [6, 6.07) is 8.70. The number of hydrogen-bond donors (Lipinski definition) is 1. The van der Waals surface area contributed by atoms with Crippen molar-refractivity contribution in [3.05, 3.63) is 46.1 Å². The van der Waals surface area contributed by atoms with Gasteiger partial charge in [-0.15, -0.1) is 0 Å². The van der Waals surface area contributed by atoms with Crippen LogP contribution in [0.4, 0.5) is 0 Å². The van der Waals surface area contributed by atoms with Gasteiger partial charge in [-0.25, -0.2) is 0 Å². The molecule has 2 rings (SSSR count). The number of carbonyl (C=O) groups is 2. The Balaban J connectivity index is 2.04. The van der Waals surface area contributed by atoms with E-state index in [2.05, 4.69) is 0 Å². The van der Waals surface area contributed by atoms with Crippen LogP contribution in [0.25, 0.3) is 0 Å². The summed E-state index contributed by atoms with van der Waals surface area (Å²) in [6.07, 6.45) is 1.33. The number of rotatable bonds is 5. The zero-order chi connectivity index (χ0) is 16.3. The zero-order valence-corrected chi connectivity index (χ0v) is 12.8. The molecule has 6 heteroatoms. The van der Waals surface area contributed by atoms with E-state index in [-0.39, 0.29) is 11.3 Å². The third-order valence-corrected chi connectivity index (χ3v) is 3.91. The largest absolute Gasteiger partial charge is 0.457 e. The molecule has 0 radical (unpaired) electrons. The monoisotopic (exact) mass is 318 g/mol. The van der Waals surface area contributed by atoms with Crippen LogP contribution in [0.2, 0.25) is 5.02 Å². The van der Waals surface area contributed by atoms with Crippen molar-refractivity contribution in [2.45, 2.75) is 25.2 Å². The van der Waals surface area contributed by atoms with Gasteiger partial charge in [-0.3, -0.25) is 9.59 Å². The van der Waals surface area contributed by atoms with Crippen molar-refractivity contribution in [1.82, 2.24) is 0 Å². The fourth-order valence-corrected chi connectivity index (χ4v) is 2.34. The molecule has 1 aromatic carbocycles. The number of nitrogens with zero attached hydrogens (tertiary/aromatic N) is 1. The number of ether oxygens (including phenoxy) is 1. The summed E-state index contributed by atoms with van der Waals surface area (Å²) in [5, 5.41) is 9.43. The first-order valence-corrected chi connectivity index (χ1v) is 7.11. The minimum atomic E-state index is -0.695. The summed E-state index contributed by atoms with van der Waals surface area (Å²) in [6.45, 7) is 0.972. The lowest BCUT2D eigenvalue weighted by Gasteiger charge is -2.14. The number of esters is 1. The van der Waals surface area contributed by atoms with E-state index >= 15 is 0 Å². The first-order chi connectivity index (χ1) is 10.4. The van der Waals surface area contributed by atoms with Gasteiger partial charge in [0.2, 0.25) is 5.78 Å². The van der Waals surface area contributed by atoms with Crippen molar-refractivity contribution in [1.29, 1.82) is 5.26 Å². The third-order valence-electron chi connectivity index (χ3n) is 3.66. The Morgan fingerprint density at radius 1 is 1.36 bits per heavy atom. The van der Waals surface area contributed by atoms with Crippen LogP contribution in [0, 0.1) is 11.3 Å². The molecule has 5 nitrogen and oxygen atoms in total. The first-order valence-electron chi connectivity index (χ1n) is 6.73. The van der Waals surface area contributed by atoms with E-state index in [0.29, 0.717) is 17.9 Å². The molecule has 2 N–H and O–H groups in total. The molecule has 0 heterocycles. The lowest BCUT2D eigenvalue weighted by molar-refractivity contribution is -0.149. The molecular formula is C16H15ClN2O3. The highest BCUT2D eigenvalue weighted by Gasteiger charge is 2.52. The second kappa shape index (κ2) is 6.20. The topological polar surface area (TPSA) is 93.2 Å². The molecule has 114 valence electrons. The summed E-state index contributed by atoms with van der Waals surface area (Å²) in [5.41, 5.74) is 5.50. The number of benzene rings is 1. The van der Waals surface area contributed by atoms with E-state index in [1.807, 2.05) is 0 Å². The van der Waals surface area contributed by atoms with Crippen LogP contribution in [0.1, 0.15) is 25.3 Å². The highest BCUT2D eigenvalue weighted by molar-refractivity contribution is 6.30. The normalized spacial score (nSPS) is 16.2. The molecule has 0 amide bonds. The number of hydrogen-bond acceptors (Lipinski definition) is 5. The van der Waals surface area contributed by atoms with Gasteiger partial charge in [0, 0.05) is 10.7 Å². The van der Waals surface area contributed by atoms with Gasteiger partial charge in [0.15, 0.2) is 6.61 Å². The van der Waals surface area contributed by atoms with Crippen molar-refractivity contribution in [2.24, 2.45) is 5.73 Å². The zero-order valence-electron chi connectivity index (χ0n) is 12.1. The fourth-order valence-electron chi connectivity index (χ4n) is 2.22. The number of Topliss-reactive ketones (excluding diaryl/α,β-unsaturated/α-hetero) is 1. The second-order valence-electron chi connectivity index (χ2n) is 5.26. The summed E-state index contributed by atoms with van der Waals surface area (Å²) >= 11 is 5.84. The maximum absolute atomic E-state index is 12.3. The van der Waals surface area contributed by atoms with Gasteiger partial charge in [-0.1, -0.05) is 23.7 Å². The van der Waals surface area contributed by atoms with E-state index in [1.54, 1.807) is 30.3 Å². The molecule has 1 aromatic rings. The third kappa shape index (κ3) is 3.12. The Kier molecular flexibility index (Phi) is 4.53. The molecule has 1 aliphatic rings. The van der Waals surface area contributed by atoms with Crippen molar-refractivity contribution < 1.29 is 14.3 Å². The van der Waals surface area contributed by atoms with Crippen molar-refractivity contribution in [2.75, 3.05) is 6.61 Å². The molecule has 0 saturated heterocycles. The SMILES string of the molecule is CC(N)=C(C#N)C(=O)COC(=O)C1(c2ccc(Cl)cc2)CC1. The van der Waals surface area contributed by atoms with Crippen LogP contribution in [-0.2, 0) is 19.7 Å². The smallest absolute Gasteiger partial charge is 0.317 e. The number of carbonyl (C=O) groups excluding carboxylic acids is 2. The molecule has 0 bridgehead atoms. The summed E-state index contributed by atoms with van der Waals surface area (Å²) in [4.78, 5) is 24.1. The van der Waals surface area contributed by atoms with E-state index in [4.69, 9.17) is 27.3 Å². The number of nitriles is 1. The lowest BCUT2D eigenvalue weighted by atomic mass is 9.96. The van der Waals surface area contributed by atoms with E-state index in [0.717, 1.165) is 5.56 Å². The quantitative estimate of drug-likeness (QED) is 0.510. The minimum Gasteiger partial charge on any atom is -0.457 e. The highest BCUT2D eigenvalue weighted by atomic mass is 35.5. The van der Waals surface area contributed by atoms with Gasteiger partial charge in [0.1, 0.15) is 11.6 Å². The average molecular weight is 319 g/mol. The predicted octanol–water partition coefficient (Wildman–Crippen LogP) is 2.24. The summed E-state index contributed by atoms with van der Waals surface area (Å²) < 4.78 is 5.09. The van der Waals surface area contributed by atoms with Crippen LogP contribution in [0.3, 0.4) is 0 Å². The van der Waals surface area contributed by atoms with Crippen LogP contribution in [0.15, 0.2) is 35.5 Å². The number of allylic oxidation sites excluding steroid dienone is 1. The Bertz CT molecular complexity index is 678. The minimum absolute atomic E-state index is 0.113. The second-order valence-corrected chi connectivity index (χ2v) is 5.69. The van der Waals surface area contributed by atoms with Gasteiger partial charge < -0.3 is 10.5 Å². The first kappa shape index (κ1) is 16.1. The van der Waals surface area contributed by atoms with Gasteiger partial charge >= 0.3 is 5.97 Å². The predicted molar refractivity (Wildman–Crippen MR) is 80.8 cm³/mol. The fraction of sp³-hybridized carbons (Fsp3) is 0.312. The van der Waals surface area contributed by atoms with Gasteiger partial charge in [-0.2, -0.15) is 5.26 Å². The van der Waals surface area contributed by atoms with Gasteiger partial charge in [-0.05, 0) is 37.5 Å². The molecule has 1 aliphatic carbocycles. The molecule has 0 aliphatic heterocycles. The van der Waals surface area contributed by atoms with Crippen LogP contribution >= 0.6 is 11.6 Å². The van der Waals surface area contributed by atoms with Crippen LogP contribution in [-0.4, -0.2) is 18.4 Å². The standard InChI is InChI=1S/C16H15ClN2O3/c1-10(19)13(8-18)14(20)9-22-15(21)16(6-7-16)11-2-4-12(17)5-3-11/h2-5H,6-7,9,19H2,1H3. The van der Waals surface area contributed by atoms with E-state index < -0.39 is 23.8 Å². The average Bonchev–Trinajstić information content (AvgIpc) is 3.27. The van der Waals surface area contributed by atoms with Crippen molar-refractivity contribution >= 4 is 23.4 Å². The molecule has 22 heavy (non-hydrogen) atoms. The summed E-state index contributed by atoms with van der Waals surface area (Å²) in [7, 11) is 0. The summed E-state index contributed by atoms with van der Waals surface area (Å²) in [5.74, 6) is -1.06. The number of nitrogens with two attached hydrogens (primary N) is 1. The van der Waals surface area contributed by atoms with E-state index in [9.17, 15) is 9.59 Å². The Labute approximate surface area is 133 Å². The molecule has 0 unspecified atom stereocenters. The highest BCUT2D eigenvalue weighted by Crippen LogP contribution is 2.49. The molecule has 0 spiro atoms. The molecule has 1 saturated carbocycles. The molecule has 0 aromatic heterocycles. The lowest BCUT2D eigenvalue weighted by Crippen LogP contribution is -2.26. The Hall–Kier alpha value is -2.32. The van der Waals surface area contributed by atoms with Crippen LogP contribution < -0.4 is 5.73 Å². The maximum Gasteiger partial charge on any atom is 0.317 e. The van der Waals surface area contributed by atoms with Crippen molar-refractivity contribution in [3.63, 3.8) is 0 Å². The Morgan fingerprint density at radius 3 is 2.41 bits per heavy atom. The molecule has 1 fully saturated rings. The number of halogens is 1.